The van der Waals surface area contributed by atoms with Gasteiger partial charge in [-0.25, -0.2) is 0 Å². The maximum atomic E-state index is 7.72. The van der Waals surface area contributed by atoms with Gasteiger partial charge >= 0.3 is 0 Å². The van der Waals surface area contributed by atoms with Gasteiger partial charge in [-0.3, -0.25) is 5.41 Å². The summed E-state index contributed by atoms with van der Waals surface area (Å²) in [6, 6.07) is 6.11. The first-order chi connectivity index (χ1) is 8.58. The normalized spacial score (nSPS) is 20.6. The Morgan fingerprint density at radius 1 is 1.50 bits per heavy atom. The highest BCUT2D eigenvalue weighted by Gasteiger charge is 2.18. The van der Waals surface area contributed by atoms with Crippen LogP contribution < -0.4 is 10.6 Å². The Labute approximate surface area is 108 Å². The molecular weight excluding hydrogens is 226 g/mol. The molecule has 1 aromatic carbocycles. The SMILES string of the molecule is Cc1ccc(N2CCCOC(C)C2)c(C(=N)N)c1. The lowest BCUT2D eigenvalue weighted by atomic mass is 10.1. The first-order valence-corrected chi connectivity index (χ1v) is 6.39. The van der Waals surface area contributed by atoms with Gasteiger partial charge in [-0.15, -0.1) is 0 Å². The van der Waals surface area contributed by atoms with Crippen molar-refractivity contribution in [2.24, 2.45) is 5.73 Å². The third-order valence-corrected chi connectivity index (χ3v) is 3.24. The van der Waals surface area contributed by atoms with Crippen LogP contribution in [0.2, 0.25) is 0 Å². The third kappa shape index (κ3) is 2.82. The molecule has 98 valence electrons. The van der Waals surface area contributed by atoms with Crippen molar-refractivity contribution in [3.8, 4) is 0 Å². The first kappa shape index (κ1) is 12.9. The fraction of sp³-hybridized carbons (Fsp3) is 0.500. The van der Waals surface area contributed by atoms with Gasteiger partial charge in [0.2, 0.25) is 0 Å². The average molecular weight is 247 g/mol. The summed E-state index contributed by atoms with van der Waals surface area (Å²) >= 11 is 0. The smallest absolute Gasteiger partial charge is 0.124 e. The summed E-state index contributed by atoms with van der Waals surface area (Å²) in [5, 5.41) is 7.72. The number of rotatable bonds is 2. The van der Waals surface area contributed by atoms with E-state index in [1.54, 1.807) is 0 Å². The molecule has 0 bridgehead atoms. The largest absolute Gasteiger partial charge is 0.384 e. The van der Waals surface area contributed by atoms with Crippen LogP contribution in [0.15, 0.2) is 18.2 Å². The number of benzene rings is 1. The Kier molecular flexibility index (Phi) is 3.87. The van der Waals surface area contributed by atoms with E-state index in [4.69, 9.17) is 15.9 Å². The maximum absolute atomic E-state index is 7.72. The molecule has 3 N–H and O–H groups in total. The van der Waals surface area contributed by atoms with E-state index < -0.39 is 0 Å². The van der Waals surface area contributed by atoms with E-state index in [9.17, 15) is 0 Å². The van der Waals surface area contributed by atoms with Crippen LogP contribution in [0.5, 0.6) is 0 Å². The summed E-state index contributed by atoms with van der Waals surface area (Å²) in [7, 11) is 0. The number of amidine groups is 1. The molecular formula is C14H21N3O. The fourth-order valence-electron chi connectivity index (χ4n) is 2.35. The predicted octanol–water partition coefficient (Wildman–Crippen LogP) is 1.89. The molecule has 2 rings (SSSR count). The Morgan fingerprint density at radius 2 is 2.28 bits per heavy atom. The number of ether oxygens (including phenoxy) is 1. The minimum Gasteiger partial charge on any atom is -0.384 e. The highest BCUT2D eigenvalue weighted by molar-refractivity contribution is 6.00. The van der Waals surface area contributed by atoms with Crippen LogP contribution in [-0.4, -0.2) is 31.6 Å². The van der Waals surface area contributed by atoms with Gasteiger partial charge in [0, 0.05) is 30.9 Å². The lowest BCUT2D eigenvalue weighted by Gasteiger charge is -2.26. The number of hydrogen-bond donors (Lipinski definition) is 2. The van der Waals surface area contributed by atoms with Crippen LogP contribution in [0.1, 0.15) is 24.5 Å². The van der Waals surface area contributed by atoms with Gasteiger partial charge in [0.15, 0.2) is 0 Å². The molecule has 0 amide bonds. The summed E-state index contributed by atoms with van der Waals surface area (Å²) in [4.78, 5) is 2.27. The molecule has 0 aliphatic carbocycles. The van der Waals surface area contributed by atoms with Crippen molar-refractivity contribution in [2.45, 2.75) is 26.4 Å². The number of nitrogens with zero attached hydrogens (tertiary/aromatic N) is 1. The molecule has 4 heteroatoms. The first-order valence-electron chi connectivity index (χ1n) is 6.39. The lowest BCUT2D eigenvalue weighted by Crippen LogP contribution is -2.32. The van der Waals surface area contributed by atoms with E-state index in [1.165, 1.54) is 0 Å². The molecule has 1 aliphatic heterocycles. The monoisotopic (exact) mass is 247 g/mol. The zero-order valence-corrected chi connectivity index (χ0v) is 11.1. The van der Waals surface area contributed by atoms with E-state index in [-0.39, 0.29) is 11.9 Å². The van der Waals surface area contributed by atoms with Crippen molar-refractivity contribution in [3.63, 3.8) is 0 Å². The maximum Gasteiger partial charge on any atom is 0.124 e. The van der Waals surface area contributed by atoms with Crippen molar-refractivity contribution in [1.29, 1.82) is 5.41 Å². The van der Waals surface area contributed by atoms with Gasteiger partial charge in [-0.05, 0) is 32.4 Å². The van der Waals surface area contributed by atoms with Gasteiger partial charge in [0.25, 0.3) is 0 Å². The van der Waals surface area contributed by atoms with Crippen molar-refractivity contribution >= 4 is 11.5 Å². The summed E-state index contributed by atoms with van der Waals surface area (Å²) in [6.07, 6.45) is 1.23. The van der Waals surface area contributed by atoms with Crippen LogP contribution in [0.25, 0.3) is 0 Å². The summed E-state index contributed by atoms with van der Waals surface area (Å²) in [5.74, 6) is 0.131. The van der Waals surface area contributed by atoms with E-state index in [0.29, 0.717) is 0 Å². The molecule has 1 aliphatic rings. The van der Waals surface area contributed by atoms with Gasteiger partial charge in [0.1, 0.15) is 5.84 Å². The Bertz CT molecular complexity index is 445. The number of anilines is 1. The van der Waals surface area contributed by atoms with Crippen LogP contribution in [0.4, 0.5) is 5.69 Å². The summed E-state index contributed by atoms with van der Waals surface area (Å²) < 4.78 is 5.65. The molecule has 0 aromatic heterocycles. The van der Waals surface area contributed by atoms with Crippen molar-refractivity contribution in [3.05, 3.63) is 29.3 Å². The minimum absolute atomic E-state index is 0.131. The zero-order valence-electron chi connectivity index (χ0n) is 11.1. The number of nitrogens with two attached hydrogens (primary N) is 1. The van der Waals surface area contributed by atoms with Crippen molar-refractivity contribution in [2.75, 3.05) is 24.6 Å². The quantitative estimate of drug-likeness (QED) is 0.619. The topological polar surface area (TPSA) is 62.3 Å². The van der Waals surface area contributed by atoms with Gasteiger partial charge in [-0.2, -0.15) is 0 Å². The van der Waals surface area contributed by atoms with Gasteiger partial charge < -0.3 is 15.4 Å². The van der Waals surface area contributed by atoms with E-state index in [2.05, 4.69) is 24.0 Å². The van der Waals surface area contributed by atoms with E-state index >= 15 is 0 Å². The van der Waals surface area contributed by atoms with Crippen LogP contribution >= 0.6 is 0 Å². The highest BCUT2D eigenvalue weighted by atomic mass is 16.5. The average Bonchev–Trinajstić information content (AvgIpc) is 2.53. The molecule has 1 aromatic rings. The molecule has 1 unspecified atom stereocenters. The lowest BCUT2D eigenvalue weighted by molar-refractivity contribution is 0.0821. The Morgan fingerprint density at radius 3 is 3.00 bits per heavy atom. The van der Waals surface area contributed by atoms with Crippen LogP contribution in [-0.2, 0) is 4.74 Å². The van der Waals surface area contributed by atoms with Gasteiger partial charge in [-0.1, -0.05) is 11.6 Å². The number of aryl methyl sites for hydroxylation is 1. The number of hydrogen-bond acceptors (Lipinski definition) is 3. The molecule has 4 nitrogen and oxygen atoms in total. The Balaban J connectivity index is 2.33. The van der Waals surface area contributed by atoms with Crippen LogP contribution in [0.3, 0.4) is 0 Å². The van der Waals surface area contributed by atoms with Gasteiger partial charge in [0.05, 0.1) is 6.10 Å². The molecule has 1 heterocycles. The second-order valence-corrected chi connectivity index (χ2v) is 4.92. The molecule has 0 spiro atoms. The number of nitrogen functional groups attached to an aromatic ring is 1. The summed E-state index contributed by atoms with van der Waals surface area (Å²) in [5.41, 5.74) is 8.69. The van der Waals surface area contributed by atoms with E-state index in [0.717, 1.165) is 42.9 Å². The number of nitrogens with one attached hydrogen (secondary N) is 1. The third-order valence-electron chi connectivity index (χ3n) is 3.24. The fourth-order valence-corrected chi connectivity index (χ4v) is 2.35. The molecule has 1 saturated heterocycles. The molecule has 1 fully saturated rings. The standard InChI is InChI=1S/C14H21N3O/c1-10-4-5-13(12(8-10)14(15)16)17-6-3-7-18-11(2)9-17/h4-5,8,11H,3,6-7,9H2,1-2H3,(H3,15,16). The second-order valence-electron chi connectivity index (χ2n) is 4.92. The zero-order chi connectivity index (χ0) is 13.1. The molecule has 18 heavy (non-hydrogen) atoms. The predicted molar refractivity (Wildman–Crippen MR) is 74.4 cm³/mol. The Hall–Kier alpha value is -1.55. The van der Waals surface area contributed by atoms with Crippen molar-refractivity contribution < 1.29 is 4.74 Å². The minimum atomic E-state index is 0.131. The highest BCUT2D eigenvalue weighted by Crippen LogP contribution is 2.23. The van der Waals surface area contributed by atoms with E-state index in [1.807, 2.05) is 13.0 Å². The molecule has 0 radical (unpaired) electrons. The molecule has 1 atom stereocenters. The summed E-state index contributed by atoms with van der Waals surface area (Å²) in [6.45, 7) is 6.71. The van der Waals surface area contributed by atoms with Crippen molar-refractivity contribution in [1.82, 2.24) is 0 Å². The molecule has 0 saturated carbocycles. The van der Waals surface area contributed by atoms with Crippen LogP contribution in [0, 0.1) is 12.3 Å². The second kappa shape index (κ2) is 5.40.